The number of thioether (sulfide) groups is 1. The summed E-state index contributed by atoms with van der Waals surface area (Å²) >= 11 is 1.42. The van der Waals surface area contributed by atoms with Crippen LogP contribution in [0, 0.1) is 13.8 Å². The molecule has 182 valence electrons. The van der Waals surface area contributed by atoms with Crippen molar-refractivity contribution in [3.05, 3.63) is 94.1 Å². The Kier molecular flexibility index (Phi) is 6.52. The number of hydrogen-bond acceptors (Lipinski definition) is 7. The van der Waals surface area contributed by atoms with Gasteiger partial charge in [-0.2, -0.15) is 0 Å². The Labute approximate surface area is 212 Å². The first-order valence-corrected chi connectivity index (χ1v) is 12.4. The van der Waals surface area contributed by atoms with E-state index in [1.807, 2.05) is 56.3 Å². The number of aryl methyl sites for hydroxylation is 2. The summed E-state index contributed by atoms with van der Waals surface area (Å²) in [5.41, 5.74) is 3.96. The average Bonchev–Trinajstić information content (AvgIpc) is 3.27. The summed E-state index contributed by atoms with van der Waals surface area (Å²) in [5.74, 6) is 2.94. The minimum absolute atomic E-state index is 0.171. The monoisotopic (exact) mass is 499 g/mol. The van der Waals surface area contributed by atoms with Crippen LogP contribution in [0.25, 0.3) is 28.0 Å². The van der Waals surface area contributed by atoms with E-state index in [1.165, 1.54) is 17.3 Å². The van der Waals surface area contributed by atoms with Crippen LogP contribution in [0.5, 0.6) is 11.5 Å². The molecule has 0 radical (unpaired) electrons. The molecule has 0 aliphatic rings. The van der Waals surface area contributed by atoms with Gasteiger partial charge in [-0.15, -0.1) is 0 Å². The van der Waals surface area contributed by atoms with Crippen LogP contribution in [-0.2, 0) is 5.75 Å². The molecule has 0 fully saturated rings. The summed E-state index contributed by atoms with van der Waals surface area (Å²) < 4.78 is 18.4. The second kappa shape index (κ2) is 9.91. The summed E-state index contributed by atoms with van der Waals surface area (Å²) in [4.78, 5) is 23.2. The standard InChI is InChI=1S/C28H25N3O4S/c1-17-9-11-19(12-10-17)26-29-25(18(2)35-26)16-36-28-30-24-8-6-5-7-23(24)27(32)31(28)20-13-21(33-3)15-22(14-20)34-4/h5-15H,16H2,1-4H3. The third-order valence-corrected chi connectivity index (χ3v) is 6.82. The van der Waals surface area contributed by atoms with Gasteiger partial charge in [-0.25, -0.2) is 9.97 Å². The highest BCUT2D eigenvalue weighted by Crippen LogP contribution is 2.31. The van der Waals surface area contributed by atoms with Gasteiger partial charge in [0, 0.05) is 29.5 Å². The van der Waals surface area contributed by atoms with Crippen molar-refractivity contribution in [2.45, 2.75) is 24.8 Å². The molecule has 0 spiro atoms. The van der Waals surface area contributed by atoms with E-state index in [-0.39, 0.29) is 5.56 Å². The van der Waals surface area contributed by atoms with Crippen molar-refractivity contribution in [2.75, 3.05) is 14.2 Å². The third-order valence-electron chi connectivity index (χ3n) is 5.87. The van der Waals surface area contributed by atoms with E-state index in [4.69, 9.17) is 23.9 Å². The van der Waals surface area contributed by atoms with Gasteiger partial charge < -0.3 is 13.9 Å². The number of oxazole rings is 1. The molecule has 2 aromatic heterocycles. The van der Waals surface area contributed by atoms with Crippen LogP contribution in [0.2, 0.25) is 0 Å². The molecule has 0 amide bonds. The van der Waals surface area contributed by atoms with E-state index in [9.17, 15) is 4.79 Å². The van der Waals surface area contributed by atoms with E-state index in [1.54, 1.807) is 43.1 Å². The lowest BCUT2D eigenvalue weighted by molar-refractivity contribution is 0.394. The van der Waals surface area contributed by atoms with E-state index >= 15 is 0 Å². The molecule has 0 N–H and O–H groups in total. The zero-order chi connectivity index (χ0) is 25.2. The Balaban J connectivity index is 1.57. The predicted octanol–water partition coefficient (Wildman–Crippen LogP) is 5.97. The van der Waals surface area contributed by atoms with Gasteiger partial charge in [0.15, 0.2) is 5.16 Å². The number of para-hydroxylation sites is 1. The normalized spacial score (nSPS) is 11.1. The molecule has 36 heavy (non-hydrogen) atoms. The fraction of sp³-hybridized carbons (Fsp3) is 0.179. The van der Waals surface area contributed by atoms with Crippen molar-refractivity contribution >= 4 is 22.7 Å². The van der Waals surface area contributed by atoms with Crippen molar-refractivity contribution < 1.29 is 13.9 Å². The van der Waals surface area contributed by atoms with E-state index < -0.39 is 0 Å². The lowest BCUT2D eigenvalue weighted by Gasteiger charge is -2.15. The molecule has 3 aromatic carbocycles. The van der Waals surface area contributed by atoms with Gasteiger partial charge in [-0.1, -0.05) is 41.6 Å². The largest absolute Gasteiger partial charge is 0.497 e. The average molecular weight is 500 g/mol. The minimum Gasteiger partial charge on any atom is -0.497 e. The fourth-order valence-corrected chi connectivity index (χ4v) is 4.89. The molecular formula is C28H25N3O4S. The van der Waals surface area contributed by atoms with Crippen LogP contribution in [0.3, 0.4) is 0 Å². The van der Waals surface area contributed by atoms with Crippen LogP contribution in [-0.4, -0.2) is 28.8 Å². The SMILES string of the molecule is COc1cc(OC)cc(-n2c(SCc3nc(-c4ccc(C)cc4)oc3C)nc3ccccc3c2=O)c1. The second-order valence-electron chi connectivity index (χ2n) is 8.30. The van der Waals surface area contributed by atoms with Gasteiger partial charge in [0.1, 0.15) is 17.3 Å². The highest BCUT2D eigenvalue weighted by Gasteiger charge is 2.18. The highest BCUT2D eigenvalue weighted by atomic mass is 32.2. The zero-order valence-electron chi connectivity index (χ0n) is 20.4. The summed E-state index contributed by atoms with van der Waals surface area (Å²) in [5, 5.41) is 1.07. The Bertz CT molecular complexity index is 1580. The van der Waals surface area contributed by atoms with Crippen molar-refractivity contribution in [3.63, 3.8) is 0 Å². The topological polar surface area (TPSA) is 79.4 Å². The first-order chi connectivity index (χ1) is 17.5. The Hall–Kier alpha value is -4.04. The van der Waals surface area contributed by atoms with Gasteiger partial charge in [-0.05, 0) is 38.1 Å². The molecule has 0 atom stereocenters. The second-order valence-corrected chi connectivity index (χ2v) is 9.24. The molecule has 0 unspecified atom stereocenters. The van der Waals surface area contributed by atoms with Crippen LogP contribution >= 0.6 is 11.8 Å². The summed E-state index contributed by atoms with van der Waals surface area (Å²) in [6.07, 6.45) is 0. The van der Waals surface area contributed by atoms with Gasteiger partial charge in [0.2, 0.25) is 5.89 Å². The van der Waals surface area contributed by atoms with Crippen LogP contribution < -0.4 is 15.0 Å². The molecular weight excluding hydrogens is 474 g/mol. The van der Waals surface area contributed by atoms with Crippen molar-refractivity contribution in [1.29, 1.82) is 0 Å². The van der Waals surface area contributed by atoms with Crippen LogP contribution in [0.15, 0.2) is 81.1 Å². The Morgan fingerprint density at radius 2 is 1.61 bits per heavy atom. The molecule has 7 nitrogen and oxygen atoms in total. The molecule has 5 rings (SSSR count). The molecule has 8 heteroatoms. The van der Waals surface area contributed by atoms with Crippen LogP contribution in [0.4, 0.5) is 0 Å². The van der Waals surface area contributed by atoms with E-state index in [0.29, 0.717) is 44.9 Å². The quantitative estimate of drug-likeness (QED) is 0.202. The van der Waals surface area contributed by atoms with Crippen molar-refractivity contribution in [1.82, 2.24) is 14.5 Å². The third kappa shape index (κ3) is 4.59. The number of hydrogen-bond donors (Lipinski definition) is 0. The minimum atomic E-state index is -0.171. The summed E-state index contributed by atoms with van der Waals surface area (Å²) in [6.45, 7) is 3.94. The van der Waals surface area contributed by atoms with E-state index in [0.717, 1.165) is 17.0 Å². The van der Waals surface area contributed by atoms with Crippen molar-refractivity contribution in [3.8, 4) is 28.6 Å². The molecule has 0 aliphatic heterocycles. The Morgan fingerprint density at radius 3 is 2.31 bits per heavy atom. The summed E-state index contributed by atoms with van der Waals surface area (Å²) in [6, 6.07) is 20.7. The molecule has 0 saturated carbocycles. The number of fused-ring (bicyclic) bond motifs is 1. The number of methoxy groups -OCH3 is 2. The maximum atomic E-state index is 13.6. The fourth-order valence-electron chi connectivity index (χ4n) is 3.87. The summed E-state index contributed by atoms with van der Waals surface area (Å²) in [7, 11) is 3.16. The van der Waals surface area contributed by atoms with Gasteiger partial charge >= 0.3 is 0 Å². The van der Waals surface area contributed by atoms with Gasteiger partial charge in [-0.3, -0.25) is 9.36 Å². The number of benzene rings is 3. The molecule has 0 aliphatic carbocycles. The van der Waals surface area contributed by atoms with Crippen molar-refractivity contribution in [2.24, 2.45) is 0 Å². The highest BCUT2D eigenvalue weighted by molar-refractivity contribution is 7.98. The maximum Gasteiger partial charge on any atom is 0.266 e. The smallest absolute Gasteiger partial charge is 0.266 e. The number of rotatable bonds is 7. The first kappa shape index (κ1) is 23.7. The number of nitrogens with zero attached hydrogens (tertiary/aromatic N) is 3. The lowest BCUT2D eigenvalue weighted by Crippen LogP contribution is -2.22. The van der Waals surface area contributed by atoms with E-state index in [2.05, 4.69) is 0 Å². The first-order valence-electron chi connectivity index (χ1n) is 11.4. The molecule has 0 bridgehead atoms. The van der Waals surface area contributed by atoms with Gasteiger partial charge in [0.05, 0.1) is 36.5 Å². The molecule has 5 aromatic rings. The van der Waals surface area contributed by atoms with Crippen LogP contribution in [0.1, 0.15) is 17.0 Å². The molecule has 2 heterocycles. The maximum absolute atomic E-state index is 13.6. The number of aromatic nitrogens is 3. The predicted molar refractivity (Wildman–Crippen MR) is 141 cm³/mol. The lowest BCUT2D eigenvalue weighted by atomic mass is 10.1. The number of ether oxygens (including phenoxy) is 2. The van der Waals surface area contributed by atoms with Gasteiger partial charge in [0.25, 0.3) is 5.56 Å². The molecule has 0 saturated heterocycles. The zero-order valence-corrected chi connectivity index (χ0v) is 21.3. The Morgan fingerprint density at radius 1 is 0.917 bits per heavy atom.